The third kappa shape index (κ3) is 4.40. The number of aliphatic hydroxyl groups excluding tert-OH is 1. The lowest BCUT2D eigenvalue weighted by molar-refractivity contribution is -0.0356. The fourth-order valence-electron chi connectivity index (χ4n) is 3.09. The second-order valence-corrected chi connectivity index (χ2v) is 6.23. The van der Waals surface area contributed by atoms with Crippen molar-refractivity contribution in [3.63, 3.8) is 0 Å². The summed E-state index contributed by atoms with van der Waals surface area (Å²) >= 11 is 0. The maximum atomic E-state index is 10.4. The van der Waals surface area contributed by atoms with Gasteiger partial charge in [0.2, 0.25) is 0 Å². The van der Waals surface area contributed by atoms with Gasteiger partial charge in [0.25, 0.3) is 0 Å². The normalized spacial score (nSPS) is 19.3. The Labute approximate surface area is 147 Å². The molecular formula is C19H23N3O3. The van der Waals surface area contributed by atoms with E-state index in [1.807, 2.05) is 19.3 Å². The van der Waals surface area contributed by atoms with Gasteiger partial charge in [0.05, 0.1) is 30.9 Å². The Balaban J connectivity index is 1.56. The van der Waals surface area contributed by atoms with Crippen molar-refractivity contribution in [2.24, 2.45) is 7.05 Å². The van der Waals surface area contributed by atoms with Crippen LogP contribution in [0.15, 0.2) is 42.6 Å². The first-order valence-corrected chi connectivity index (χ1v) is 8.41. The monoisotopic (exact) mass is 341 g/mol. The van der Waals surface area contributed by atoms with Crippen molar-refractivity contribution in [1.82, 2.24) is 9.47 Å². The quantitative estimate of drug-likeness (QED) is 0.866. The SMILES string of the molecule is Cn1cccc1C1COCCN1CC(O)COc1ccc(C#N)cc1. The molecule has 2 unspecified atom stereocenters. The van der Waals surface area contributed by atoms with Crippen molar-refractivity contribution in [3.05, 3.63) is 53.9 Å². The highest BCUT2D eigenvalue weighted by Crippen LogP contribution is 2.24. The van der Waals surface area contributed by atoms with Gasteiger partial charge < -0.3 is 19.1 Å². The van der Waals surface area contributed by atoms with E-state index in [1.54, 1.807) is 24.3 Å². The second-order valence-electron chi connectivity index (χ2n) is 6.23. The lowest BCUT2D eigenvalue weighted by Gasteiger charge is -2.36. The zero-order valence-corrected chi connectivity index (χ0v) is 14.3. The first kappa shape index (κ1) is 17.5. The summed E-state index contributed by atoms with van der Waals surface area (Å²) in [4.78, 5) is 2.24. The molecule has 0 bridgehead atoms. The number of morpholine rings is 1. The molecule has 1 aliphatic rings. The van der Waals surface area contributed by atoms with E-state index in [0.29, 0.717) is 31.1 Å². The molecule has 0 aliphatic carbocycles. The van der Waals surface area contributed by atoms with E-state index in [9.17, 15) is 5.11 Å². The van der Waals surface area contributed by atoms with Crippen LogP contribution in [0.25, 0.3) is 0 Å². The van der Waals surface area contributed by atoms with Crippen molar-refractivity contribution in [2.75, 3.05) is 32.9 Å². The van der Waals surface area contributed by atoms with Crippen LogP contribution in [-0.2, 0) is 11.8 Å². The molecule has 2 aromatic rings. The van der Waals surface area contributed by atoms with Crippen LogP contribution >= 0.6 is 0 Å². The van der Waals surface area contributed by atoms with Crippen molar-refractivity contribution < 1.29 is 14.6 Å². The van der Waals surface area contributed by atoms with Gasteiger partial charge in [-0.25, -0.2) is 0 Å². The van der Waals surface area contributed by atoms with E-state index >= 15 is 0 Å². The molecule has 25 heavy (non-hydrogen) atoms. The fourth-order valence-corrected chi connectivity index (χ4v) is 3.09. The molecule has 1 aliphatic heterocycles. The van der Waals surface area contributed by atoms with E-state index in [2.05, 4.69) is 21.6 Å². The molecule has 3 rings (SSSR count). The van der Waals surface area contributed by atoms with E-state index < -0.39 is 6.10 Å². The number of nitriles is 1. The molecule has 0 spiro atoms. The molecule has 0 amide bonds. The summed E-state index contributed by atoms with van der Waals surface area (Å²) in [6.07, 6.45) is 1.42. The first-order valence-electron chi connectivity index (χ1n) is 8.41. The number of hydrogen-bond donors (Lipinski definition) is 1. The highest BCUT2D eigenvalue weighted by atomic mass is 16.5. The van der Waals surface area contributed by atoms with Crippen LogP contribution in [0.5, 0.6) is 5.75 Å². The molecule has 1 saturated heterocycles. The Kier molecular flexibility index (Phi) is 5.71. The lowest BCUT2D eigenvalue weighted by atomic mass is 10.1. The number of aromatic nitrogens is 1. The number of rotatable bonds is 6. The zero-order chi connectivity index (χ0) is 17.6. The van der Waals surface area contributed by atoms with E-state index in [0.717, 1.165) is 6.54 Å². The van der Waals surface area contributed by atoms with Crippen LogP contribution in [0, 0.1) is 11.3 Å². The van der Waals surface area contributed by atoms with Gasteiger partial charge in [-0.1, -0.05) is 0 Å². The van der Waals surface area contributed by atoms with E-state index in [4.69, 9.17) is 14.7 Å². The van der Waals surface area contributed by atoms with Crippen LogP contribution in [0.4, 0.5) is 0 Å². The molecule has 6 heteroatoms. The molecule has 0 saturated carbocycles. The van der Waals surface area contributed by atoms with Crippen LogP contribution in [0.3, 0.4) is 0 Å². The molecule has 132 valence electrons. The largest absolute Gasteiger partial charge is 0.491 e. The molecule has 2 atom stereocenters. The minimum Gasteiger partial charge on any atom is -0.491 e. The summed E-state index contributed by atoms with van der Waals surface area (Å²) in [5, 5.41) is 19.2. The first-order chi connectivity index (χ1) is 12.2. The van der Waals surface area contributed by atoms with E-state index in [-0.39, 0.29) is 12.6 Å². The Morgan fingerprint density at radius 1 is 1.36 bits per heavy atom. The fraction of sp³-hybridized carbons (Fsp3) is 0.421. The van der Waals surface area contributed by atoms with Gasteiger partial charge in [-0.3, -0.25) is 4.90 Å². The molecule has 1 aromatic heterocycles. The maximum Gasteiger partial charge on any atom is 0.119 e. The van der Waals surface area contributed by atoms with Crippen LogP contribution in [-0.4, -0.2) is 53.6 Å². The van der Waals surface area contributed by atoms with Gasteiger partial charge in [0.1, 0.15) is 18.5 Å². The molecule has 1 fully saturated rings. The average Bonchev–Trinajstić information content (AvgIpc) is 3.07. The van der Waals surface area contributed by atoms with Gasteiger partial charge in [0.15, 0.2) is 0 Å². The minimum absolute atomic E-state index is 0.137. The predicted octanol–water partition coefficient (Wildman–Crippen LogP) is 1.71. The van der Waals surface area contributed by atoms with Gasteiger partial charge in [-0.05, 0) is 36.4 Å². The van der Waals surface area contributed by atoms with Crippen LogP contribution in [0.2, 0.25) is 0 Å². The summed E-state index contributed by atoms with van der Waals surface area (Å²) < 4.78 is 13.4. The Hall–Kier alpha value is -2.33. The van der Waals surface area contributed by atoms with Gasteiger partial charge >= 0.3 is 0 Å². The Morgan fingerprint density at radius 2 is 2.16 bits per heavy atom. The van der Waals surface area contributed by atoms with Crippen molar-refractivity contribution >= 4 is 0 Å². The standard InChI is InChI=1S/C19H23N3O3/c1-21-8-2-3-18(21)19-14-24-10-9-22(19)12-16(23)13-25-17-6-4-15(11-20)5-7-17/h2-8,16,19,23H,9-10,12-14H2,1H3. The average molecular weight is 341 g/mol. The Morgan fingerprint density at radius 3 is 2.84 bits per heavy atom. The molecule has 2 heterocycles. The highest BCUT2D eigenvalue weighted by molar-refractivity contribution is 5.34. The van der Waals surface area contributed by atoms with Crippen molar-refractivity contribution in [1.29, 1.82) is 5.26 Å². The summed E-state index contributed by atoms with van der Waals surface area (Å²) in [7, 11) is 2.02. The summed E-state index contributed by atoms with van der Waals surface area (Å²) in [6, 6.07) is 13.2. The third-order valence-corrected chi connectivity index (χ3v) is 4.44. The predicted molar refractivity (Wildman–Crippen MR) is 93.2 cm³/mol. The molecule has 0 radical (unpaired) electrons. The Bertz CT molecular complexity index is 720. The molecule has 1 N–H and O–H groups in total. The number of nitrogens with zero attached hydrogens (tertiary/aromatic N) is 3. The third-order valence-electron chi connectivity index (χ3n) is 4.44. The number of ether oxygens (including phenoxy) is 2. The van der Waals surface area contributed by atoms with E-state index in [1.165, 1.54) is 5.69 Å². The van der Waals surface area contributed by atoms with Crippen molar-refractivity contribution in [2.45, 2.75) is 12.1 Å². The maximum absolute atomic E-state index is 10.4. The molecule has 6 nitrogen and oxygen atoms in total. The number of hydrogen-bond acceptors (Lipinski definition) is 5. The lowest BCUT2D eigenvalue weighted by Crippen LogP contribution is -2.45. The van der Waals surface area contributed by atoms with Crippen LogP contribution < -0.4 is 4.74 Å². The van der Waals surface area contributed by atoms with Crippen LogP contribution in [0.1, 0.15) is 17.3 Å². The minimum atomic E-state index is -0.600. The smallest absolute Gasteiger partial charge is 0.119 e. The van der Waals surface area contributed by atoms with Gasteiger partial charge in [-0.15, -0.1) is 0 Å². The highest BCUT2D eigenvalue weighted by Gasteiger charge is 2.27. The summed E-state index contributed by atoms with van der Waals surface area (Å²) in [5.41, 5.74) is 1.77. The van der Waals surface area contributed by atoms with Crippen molar-refractivity contribution in [3.8, 4) is 11.8 Å². The number of aryl methyl sites for hydroxylation is 1. The summed E-state index contributed by atoms with van der Waals surface area (Å²) in [6.45, 7) is 2.81. The van der Waals surface area contributed by atoms with Gasteiger partial charge in [0, 0.05) is 32.0 Å². The molecule has 1 aromatic carbocycles. The number of β-amino-alcohol motifs (C(OH)–C–C–N with tert-alkyl or cyclic N) is 1. The number of aliphatic hydroxyl groups is 1. The van der Waals surface area contributed by atoms with Gasteiger partial charge in [-0.2, -0.15) is 5.26 Å². The topological polar surface area (TPSA) is 70.7 Å². The zero-order valence-electron chi connectivity index (χ0n) is 14.3. The summed E-state index contributed by atoms with van der Waals surface area (Å²) in [5.74, 6) is 0.652. The molecular weight excluding hydrogens is 318 g/mol. The second kappa shape index (κ2) is 8.17. The number of benzene rings is 1.